The monoisotopic (exact) mass is 291 g/mol. The second-order valence-electron chi connectivity index (χ2n) is 5.47. The zero-order chi connectivity index (χ0) is 14.9. The molecular weight excluding hydrogens is 274 g/mol. The molecule has 0 spiro atoms. The third-order valence-electron chi connectivity index (χ3n) is 3.01. The molecule has 0 aliphatic carbocycles. The minimum atomic E-state index is -0.297. The summed E-state index contributed by atoms with van der Waals surface area (Å²) in [5, 5.41) is 6.25. The zero-order valence-corrected chi connectivity index (χ0v) is 12.5. The van der Waals surface area contributed by atoms with Crippen LogP contribution in [0.25, 0.3) is 0 Å². The topological polar surface area (TPSA) is 61.4 Å². The Morgan fingerprint density at radius 2 is 2.10 bits per heavy atom. The molecule has 1 aromatic rings. The molecule has 20 heavy (non-hydrogen) atoms. The van der Waals surface area contributed by atoms with Gasteiger partial charge in [-0.15, -0.1) is 0 Å². The Morgan fingerprint density at radius 3 is 2.65 bits per heavy atom. The molecule has 1 heterocycles. The molecule has 0 radical (unpaired) electrons. The first-order valence-corrected chi connectivity index (χ1v) is 6.71. The van der Waals surface area contributed by atoms with Crippen molar-refractivity contribution >= 4 is 34.8 Å². The van der Waals surface area contributed by atoms with Gasteiger partial charge in [0.05, 0.1) is 12.1 Å². The molecule has 2 N–H and O–H groups in total. The van der Waals surface area contributed by atoms with Crippen molar-refractivity contribution in [2.45, 2.75) is 26.3 Å². The number of amides is 2. The Labute approximate surface area is 123 Å². The summed E-state index contributed by atoms with van der Waals surface area (Å²) in [5.74, 6) is -0.0411. The van der Waals surface area contributed by atoms with Crippen LogP contribution in [0.5, 0.6) is 0 Å². The predicted molar refractivity (Wildman–Crippen MR) is 82.0 cm³/mol. The summed E-state index contributed by atoms with van der Waals surface area (Å²) in [6, 6.07) is 6.54. The second-order valence-corrected chi connectivity index (χ2v) is 5.85. The number of nitrogens with one attached hydrogen (secondary N) is 2. The van der Waals surface area contributed by atoms with Crippen LogP contribution in [0.2, 0.25) is 0 Å². The van der Waals surface area contributed by atoms with E-state index in [1.165, 1.54) is 11.8 Å². The highest BCUT2D eigenvalue weighted by Crippen LogP contribution is 2.17. The summed E-state index contributed by atoms with van der Waals surface area (Å²) < 4.78 is 0. The molecule has 0 saturated carbocycles. The number of hydrogen-bond donors (Lipinski definition) is 2. The Balaban J connectivity index is 2.11. The van der Waals surface area contributed by atoms with E-state index < -0.39 is 0 Å². The van der Waals surface area contributed by atoms with Crippen LogP contribution in [0.4, 0.5) is 10.5 Å². The lowest BCUT2D eigenvalue weighted by Gasteiger charge is -2.18. The van der Waals surface area contributed by atoms with Crippen molar-refractivity contribution in [3.63, 3.8) is 0 Å². The molecule has 1 fully saturated rings. The van der Waals surface area contributed by atoms with Gasteiger partial charge < -0.3 is 10.6 Å². The normalized spacial score (nSPS) is 16.8. The Kier molecular flexibility index (Phi) is 3.76. The summed E-state index contributed by atoms with van der Waals surface area (Å²) in [5.41, 5.74) is 0.913. The Hall–Kier alpha value is -1.95. The molecule has 2 rings (SSSR count). The van der Waals surface area contributed by atoms with E-state index >= 15 is 0 Å². The fourth-order valence-electron chi connectivity index (χ4n) is 2.03. The van der Waals surface area contributed by atoms with Crippen molar-refractivity contribution in [1.82, 2.24) is 10.2 Å². The number of ketones is 1. The van der Waals surface area contributed by atoms with E-state index in [2.05, 4.69) is 10.6 Å². The number of thiocarbonyl (C=S) groups is 1. The fourth-order valence-corrected chi connectivity index (χ4v) is 2.46. The lowest BCUT2D eigenvalue weighted by Crippen LogP contribution is -2.37. The molecule has 0 unspecified atom stereocenters. The molecule has 0 bridgehead atoms. The number of Topliss-reactive ketones (excluding diaryl/α,β-unsaturated/α-hetero) is 1. The average molecular weight is 291 g/mol. The molecule has 1 aromatic carbocycles. The highest BCUT2D eigenvalue weighted by atomic mass is 32.1. The van der Waals surface area contributed by atoms with E-state index in [1.54, 1.807) is 24.3 Å². The van der Waals surface area contributed by atoms with Crippen LogP contribution in [0, 0.1) is 0 Å². The van der Waals surface area contributed by atoms with Crippen LogP contribution < -0.4 is 10.6 Å². The van der Waals surface area contributed by atoms with Crippen LogP contribution in [-0.2, 0) is 0 Å². The molecule has 1 aliphatic rings. The maximum absolute atomic E-state index is 12.2. The highest BCUT2D eigenvalue weighted by molar-refractivity contribution is 7.80. The van der Waals surface area contributed by atoms with Gasteiger partial charge in [0.1, 0.15) is 0 Å². The summed E-state index contributed by atoms with van der Waals surface area (Å²) in [7, 11) is 0. The molecular formula is C14H17N3O2S. The second kappa shape index (κ2) is 5.20. The lowest BCUT2D eigenvalue weighted by molar-refractivity contribution is 0.101. The minimum Gasteiger partial charge on any atom is -0.355 e. The van der Waals surface area contributed by atoms with E-state index in [4.69, 9.17) is 12.2 Å². The van der Waals surface area contributed by atoms with Crippen molar-refractivity contribution in [3.05, 3.63) is 29.8 Å². The van der Waals surface area contributed by atoms with Crippen molar-refractivity contribution in [2.75, 3.05) is 11.9 Å². The number of carbonyl (C=O) groups excluding carboxylic acids is 2. The van der Waals surface area contributed by atoms with Crippen molar-refractivity contribution in [2.24, 2.45) is 0 Å². The van der Waals surface area contributed by atoms with E-state index in [0.29, 0.717) is 22.9 Å². The van der Waals surface area contributed by atoms with Gasteiger partial charge in [0, 0.05) is 11.3 Å². The molecule has 1 saturated heterocycles. The Bertz CT molecular complexity index is 584. The third-order valence-corrected chi connectivity index (χ3v) is 3.33. The summed E-state index contributed by atoms with van der Waals surface area (Å²) in [6.45, 7) is 5.94. The van der Waals surface area contributed by atoms with E-state index in [-0.39, 0.29) is 17.4 Å². The summed E-state index contributed by atoms with van der Waals surface area (Å²) in [4.78, 5) is 25.0. The number of rotatable bonds is 2. The first-order valence-electron chi connectivity index (χ1n) is 6.30. The van der Waals surface area contributed by atoms with Crippen molar-refractivity contribution in [3.8, 4) is 0 Å². The van der Waals surface area contributed by atoms with Gasteiger partial charge in [-0.25, -0.2) is 4.79 Å². The SMILES string of the molecule is CC(=O)c1cccc(NC(=O)N2CC(C)(C)NC2=S)c1. The largest absolute Gasteiger partial charge is 0.355 e. The maximum atomic E-state index is 12.2. The third kappa shape index (κ3) is 3.14. The standard InChI is InChI=1S/C14H17N3O2S/c1-9(18)10-5-4-6-11(7-10)15-12(19)17-8-14(2,3)16-13(17)20/h4-7H,8H2,1-3H3,(H,15,19)(H,16,20). The molecule has 2 amide bonds. The van der Waals surface area contributed by atoms with Gasteiger partial charge in [0.2, 0.25) is 0 Å². The van der Waals surface area contributed by atoms with Crippen LogP contribution in [0.3, 0.4) is 0 Å². The van der Waals surface area contributed by atoms with Crippen LogP contribution in [-0.4, -0.2) is 33.9 Å². The number of benzene rings is 1. The number of nitrogens with zero attached hydrogens (tertiary/aromatic N) is 1. The van der Waals surface area contributed by atoms with Crippen molar-refractivity contribution < 1.29 is 9.59 Å². The summed E-state index contributed by atoms with van der Waals surface area (Å²) >= 11 is 5.15. The first-order chi connectivity index (χ1) is 9.28. The van der Waals surface area contributed by atoms with E-state index in [0.717, 1.165) is 0 Å². The van der Waals surface area contributed by atoms with Gasteiger partial charge in [-0.2, -0.15) is 0 Å². The van der Waals surface area contributed by atoms with Crippen LogP contribution in [0.1, 0.15) is 31.1 Å². The predicted octanol–water partition coefficient (Wildman–Crippen LogP) is 2.39. The molecule has 1 aliphatic heterocycles. The van der Waals surface area contributed by atoms with Gasteiger partial charge in [-0.3, -0.25) is 9.69 Å². The van der Waals surface area contributed by atoms with Gasteiger partial charge >= 0.3 is 6.03 Å². The van der Waals surface area contributed by atoms with E-state index in [1.807, 2.05) is 13.8 Å². The van der Waals surface area contributed by atoms with Gasteiger partial charge in [-0.1, -0.05) is 12.1 Å². The van der Waals surface area contributed by atoms with E-state index in [9.17, 15) is 9.59 Å². The number of hydrogen-bond acceptors (Lipinski definition) is 3. The molecule has 0 aromatic heterocycles. The quantitative estimate of drug-likeness (QED) is 0.649. The average Bonchev–Trinajstić information content (AvgIpc) is 2.63. The molecule has 5 nitrogen and oxygen atoms in total. The Morgan fingerprint density at radius 1 is 1.40 bits per heavy atom. The number of anilines is 1. The van der Waals surface area contributed by atoms with Crippen molar-refractivity contribution in [1.29, 1.82) is 0 Å². The van der Waals surface area contributed by atoms with Gasteiger partial charge in [-0.05, 0) is 45.1 Å². The maximum Gasteiger partial charge on any atom is 0.328 e. The molecule has 0 atom stereocenters. The highest BCUT2D eigenvalue weighted by Gasteiger charge is 2.35. The van der Waals surface area contributed by atoms with Gasteiger partial charge in [0.25, 0.3) is 0 Å². The fraction of sp³-hybridized carbons (Fsp3) is 0.357. The minimum absolute atomic E-state index is 0.0411. The van der Waals surface area contributed by atoms with Gasteiger partial charge in [0.15, 0.2) is 10.9 Å². The lowest BCUT2D eigenvalue weighted by atomic mass is 10.1. The number of urea groups is 1. The van der Waals surface area contributed by atoms with Crippen LogP contribution >= 0.6 is 12.2 Å². The van der Waals surface area contributed by atoms with Crippen LogP contribution in [0.15, 0.2) is 24.3 Å². The molecule has 106 valence electrons. The zero-order valence-electron chi connectivity index (χ0n) is 11.7. The first kappa shape index (κ1) is 14.5. The smallest absolute Gasteiger partial charge is 0.328 e. The molecule has 6 heteroatoms. The summed E-state index contributed by atoms with van der Waals surface area (Å²) in [6.07, 6.45) is 0. The number of carbonyl (C=O) groups is 2.